The van der Waals surface area contributed by atoms with E-state index in [4.69, 9.17) is 28.6 Å². The van der Waals surface area contributed by atoms with E-state index in [2.05, 4.69) is 9.97 Å². The van der Waals surface area contributed by atoms with Crippen LogP contribution >= 0.6 is 23.8 Å². The molecule has 2 rings (SSSR count). The third-order valence-corrected chi connectivity index (χ3v) is 2.29. The summed E-state index contributed by atoms with van der Waals surface area (Å²) in [5.41, 5.74) is 1.78. The minimum Gasteiger partial charge on any atom is -0.495 e. The van der Waals surface area contributed by atoms with Gasteiger partial charge in [0.2, 0.25) is 0 Å². The maximum Gasteiger partial charge on any atom is 0.175 e. The number of ether oxygens (including phenoxy) is 1. The zero-order valence-corrected chi connectivity index (χ0v) is 8.42. The third kappa shape index (κ3) is 1.43. The Morgan fingerprint density at radius 2 is 1.92 bits per heavy atom. The van der Waals surface area contributed by atoms with E-state index in [1.165, 1.54) is 0 Å². The number of fused-ring (bicyclic) bond motifs is 1. The average molecular weight is 215 g/mol. The quantitative estimate of drug-likeness (QED) is 0.717. The van der Waals surface area contributed by atoms with Gasteiger partial charge in [-0.1, -0.05) is 11.6 Å². The van der Waals surface area contributed by atoms with Crippen LogP contribution in [0.2, 0.25) is 5.02 Å². The van der Waals surface area contributed by atoms with Crippen molar-refractivity contribution in [1.82, 2.24) is 9.97 Å². The molecule has 5 heteroatoms. The van der Waals surface area contributed by atoms with E-state index in [1.54, 1.807) is 13.2 Å². The zero-order chi connectivity index (χ0) is 9.42. The molecule has 13 heavy (non-hydrogen) atoms. The first-order valence-corrected chi connectivity index (χ1v) is 4.45. The molecule has 2 N–H and O–H groups in total. The van der Waals surface area contributed by atoms with Gasteiger partial charge in [0.15, 0.2) is 4.77 Å². The Labute approximate surface area is 84.7 Å². The minimum atomic E-state index is 0.570. The van der Waals surface area contributed by atoms with Crippen LogP contribution in [0.1, 0.15) is 0 Å². The van der Waals surface area contributed by atoms with Crippen LogP contribution in [0.4, 0.5) is 0 Å². The van der Waals surface area contributed by atoms with Gasteiger partial charge in [-0.15, -0.1) is 0 Å². The van der Waals surface area contributed by atoms with Gasteiger partial charge >= 0.3 is 0 Å². The lowest BCUT2D eigenvalue weighted by atomic mass is 10.3. The highest BCUT2D eigenvalue weighted by Crippen LogP contribution is 2.28. The first kappa shape index (κ1) is 8.59. The summed E-state index contributed by atoms with van der Waals surface area (Å²) < 4.78 is 5.65. The molecule has 0 aliphatic carbocycles. The number of methoxy groups -OCH3 is 1. The molecule has 1 aromatic carbocycles. The predicted molar refractivity (Wildman–Crippen MR) is 55.0 cm³/mol. The van der Waals surface area contributed by atoms with Crippen molar-refractivity contribution in [2.45, 2.75) is 0 Å². The molecule has 0 atom stereocenters. The van der Waals surface area contributed by atoms with Gasteiger partial charge in [-0.3, -0.25) is 0 Å². The van der Waals surface area contributed by atoms with Gasteiger partial charge in [-0.2, -0.15) is 0 Å². The molecule has 1 aromatic heterocycles. The van der Waals surface area contributed by atoms with E-state index in [0.717, 1.165) is 11.0 Å². The summed E-state index contributed by atoms with van der Waals surface area (Å²) in [5.74, 6) is 0.638. The SMILES string of the molecule is COc1cc2[nH]c(=S)[nH]c2cc1Cl. The smallest absolute Gasteiger partial charge is 0.175 e. The summed E-state index contributed by atoms with van der Waals surface area (Å²) in [7, 11) is 1.58. The molecule has 0 amide bonds. The second kappa shape index (κ2) is 3.05. The molecule has 0 aliphatic heterocycles. The lowest BCUT2D eigenvalue weighted by Crippen LogP contribution is -1.83. The number of benzene rings is 1. The van der Waals surface area contributed by atoms with E-state index in [9.17, 15) is 0 Å². The number of aromatic nitrogens is 2. The number of hydrogen-bond acceptors (Lipinski definition) is 2. The number of nitrogens with one attached hydrogen (secondary N) is 2. The van der Waals surface area contributed by atoms with Crippen LogP contribution < -0.4 is 4.74 Å². The predicted octanol–water partition coefficient (Wildman–Crippen LogP) is 2.89. The number of imidazole rings is 1. The van der Waals surface area contributed by atoms with Gasteiger partial charge < -0.3 is 14.7 Å². The largest absolute Gasteiger partial charge is 0.495 e. The Hall–Kier alpha value is -1.00. The molecule has 1 heterocycles. The highest BCUT2D eigenvalue weighted by molar-refractivity contribution is 7.71. The van der Waals surface area contributed by atoms with E-state index in [-0.39, 0.29) is 0 Å². The molecule has 0 radical (unpaired) electrons. The number of aromatic amines is 2. The van der Waals surface area contributed by atoms with Gasteiger partial charge in [0.25, 0.3) is 0 Å². The Bertz CT molecular complexity index is 502. The van der Waals surface area contributed by atoms with E-state index >= 15 is 0 Å². The van der Waals surface area contributed by atoms with E-state index in [1.807, 2.05) is 6.07 Å². The monoisotopic (exact) mass is 214 g/mol. The third-order valence-electron chi connectivity index (χ3n) is 1.79. The summed E-state index contributed by atoms with van der Waals surface area (Å²) in [6.07, 6.45) is 0. The number of halogens is 1. The van der Waals surface area contributed by atoms with E-state index in [0.29, 0.717) is 15.5 Å². The van der Waals surface area contributed by atoms with Crippen molar-refractivity contribution in [1.29, 1.82) is 0 Å². The fourth-order valence-corrected chi connectivity index (χ4v) is 1.65. The topological polar surface area (TPSA) is 40.8 Å². The Morgan fingerprint density at radius 1 is 1.31 bits per heavy atom. The van der Waals surface area contributed by atoms with Crippen molar-refractivity contribution in [3.05, 3.63) is 21.9 Å². The molecule has 0 unspecified atom stereocenters. The first-order valence-electron chi connectivity index (χ1n) is 3.66. The molecule has 2 aromatic rings. The second-order valence-electron chi connectivity index (χ2n) is 2.61. The fourth-order valence-electron chi connectivity index (χ4n) is 1.19. The van der Waals surface area contributed by atoms with Crippen LogP contribution in [0.25, 0.3) is 11.0 Å². The summed E-state index contributed by atoms with van der Waals surface area (Å²) >= 11 is 10.9. The summed E-state index contributed by atoms with van der Waals surface area (Å²) in [5, 5.41) is 0.570. The lowest BCUT2D eigenvalue weighted by molar-refractivity contribution is 0.415. The molecular formula is C8H7ClN2OS. The molecule has 0 aliphatic rings. The second-order valence-corrected chi connectivity index (χ2v) is 3.43. The molecule has 68 valence electrons. The van der Waals surface area contributed by atoms with Crippen LogP contribution in [0.5, 0.6) is 5.75 Å². The maximum absolute atomic E-state index is 5.92. The van der Waals surface area contributed by atoms with Crippen LogP contribution in [0, 0.1) is 4.77 Å². The van der Waals surface area contributed by atoms with Gasteiger partial charge in [-0.05, 0) is 18.3 Å². The van der Waals surface area contributed by atoms with Crippen LogP contribution in [-0.2, 0) is 0 Å². The molecule has 0 saturated carbocycles. The van der Waals surface area contributed by atoms with Crippen molar-refractivity contribution < 1.29 is 4.74 Å². The lowest BCUT2D eigenvalue weighted by Gasteiger charge is -2.01. The normalized spacial score (nSPS) is 10.6. The van der Waals surface area contributed by atoms with Gasteiger partial charge in [0.05, 0.1) is 23.2 Å². The Kier molecular flexibility index (Phi) is 2.01. The highest BCUT2D eigenvalue weighted by atomic mass is 35.5. The van der Waals surface area contributed by atoms with Crippen molar-refractivity contribution in [3.8, 4) is 5.75 Å². The Balaban J connectivity index is 2.80. The minimum absolute atomic E-state index is 0.570. The van der Waals surface area contributed by atoms with Crippen molar-refractivity contribution >= 4 is 34.9 Å². The summed E-state index contributed by atoms with van der Waals surface area (Å²) in [6.45, 7) is 0. The van der Waals surface area contributed by atoms with Crippen molar-refractivity contribution in [2.24, 2.45) is 0 Å². The molecule has 3 nitrogen and oxygen atoms in total. The van der Waals surface area contributed by atoms with Crippen molar-refractivity contribution in [2.75, 3.05) is 7.11 Å². The van der Waals surface area contributed by atoms with Gasteiger partial charge in [0.1, 0.15) is 5.75 Å². The van der Waals surface area contributed by atoms with Crippen molar-refractivity contribution in [3.63, 3.8) is 0 Å². The average Bonchev–Trinajstić information content (AvgIpc) is 2.42. The van der Waals surface area contributed by atoms with Crippen LogP contribution in [0.3, 0.4) is 0 Å². The number of hydrogen-bond donors (Lipinski definition) is 2. The molecule has 0 bridgehead atoms. The summed E-state index contributed by atoms with van der Waals surface area (Å²) in [6, 6.07) is 3.59. The summed E-state index contributed by atoms with van der Waals surface area (Å²) in [4.78, 5) is 5.95. The molecule has 0 saturated heterocycles. The molecule has 0 fully saturated rings. The first-order chi connectivity index (χ1) is 6.20. The number of H-pyrrole nitrogens is 2. The molecule has 0 spiro atoms. The van der Waals surface area contributed by atoms with Gasteiger partial charge in [-0.25, -0.2) is 0 Å². The fraction of sp³-hybridized carbons (Fsp3) is 0.125. The van der Waals surface area contributed by atoms with Gasteiger partial charge in [0, 0.05) is 6.07 Å². The van der Waals surface area contributed by atoms with Crippen LogP contribution in [-0.4, -0.2) is 17.1 Å². The molecular weight excluding hydrogens is 208 g/mol. The number of rotatable bonds is 1. The standard InChI is InChI=1S/C8H7ClN2OS/c1-12-7-3-6-5(2-4(7)9)10-8(13)11-6/h2-3H,1H3,(H2,10,11,13). The van der Waals surface area contributed by atoms with Crippen LogP contribution in [0.15, 0.2) is 12.1 Å². The van der Waals surface area contributed by atoms with E-state index < -0.39 is 0 Å². The maximum atomic E-state index is 5.92. The highest BCUT2D eigenvalue weighted by Gasteiger charge is 2.04. The zero-order valence-electron chi connectivity index (χ0n) is 6.85. The Morgan fingerprint density at radius 3 is 2.54 bits per heavy atom.